The Labute approximate surface area is 71.3 Å². The zero-order valence-electron chi connectivity index (χ0n) is 7.53. The van der Waals surface area contributed by atoms with Gasteiger partial charge in [0, 0.05) is 17.8 Å². The van der Waals surface area contributed by atoms with E-state index in [0.717, 1.165) is 0 Å². The van der Waals surface area contributed by atoms with Crippen molar-refractivity contribution in [2.75, 3.05) is 0 Å². The normalized spacial score (nSPS) is 11.6. The average Bonchev–Trinajstić information content (AvgIpc) is 1.92. The molecule has 66 valence electrons. The molecule has 0 aromatic carbocycles. The number of nitrogens with zero attached hydrogens (tertiary/aromatic N) is 1. The quantitative estimate of drug-likeness (QED) is 0.633. The Balaban J connectivity index is 3.23. The summed E-state index contributed by atoms with van der Waals surface area (Å²) in [5, 5.41) is 9.13. The molecule has 0 aliphatic carbocycles. The monoisotopic (exact) mass is 167 g/mol. The van der Waals surface area contributed by atoms with Crippen molar-refractivity contribution in [2.24, 2.45) is 0 Å². The van der Waals surface area contributed by atoms with E-state index in [4.69, 9.17) is 5.11 Å². The van der Waals surface area contributed by atoms with Gasteiger partial charge in [-0.3, -0.25) is 4.79 Å². The van der Waals surface area contributed by atoms with Crippen LogP contribution in [0.1, 0.15) is 20.8 Å². The predicted octanol–water partition coefficient (Wildman–Crippen LogP) is 1.31. The van der Waals surface area contributed by atoms with Gasteiger partial charge in [-0.1, -0.05) is 0 Å². The van der Waals surface area contributed by atoms with Gasteiger partial charge in [-0.05, 0) is 20.8 Å². The van der Waals surface area contributed by atoms with Gasteiger partial charge in [-0.2, -0.15) is 0 Å². The number of hydrogen-bond acceptors (Lipinski definition) is 2. The van der Waals surface area contributed by atoms with E-state index in [9.17, 15) is 4.79 Å². The van der Waals surface area contributed by atoms with E-state index in [1.807, 2.05) is 20.8 Å². The summed E-state index contributed by atoms with van der Waals surface area (Å²) in [5.41, 5.74) is -0.443. The van der Waals surface area contributed by atoms with Crippen LogP contribution in [0.15, 0.2) is 23.3 Å². The van der Waals surface area contributed by atoms with Crippen LogP contribution in [0.4, 0.5) is 0 Å². The van der Waals surface area contributed by atoms with Gasteiger partial charge in [-0.25, -0.2) is 0 Å². The third-order valence-corrected chi connectivity index (χ3v) is 1.67. The predicted molar refractivity (Wildman–Crippen MR) is 47.4 cm³/mol. The molecule has 1 heterocycles. The third kappa shape index (κ3) is 1.67. The number of hydrogen-bond donors (Lipinski definition) is 1. The minimum atomic E-state index is -0.337. The van der Waals surface area contributed by atoms with Crippen molar-refractivity contribution in [1.82, 2.24) is 4.57 Å². The lowest BCUT2D eigenvalue weighted by atomic mass is 10.1. The molecule has 0 saturated carbocycles. The van der Waals surface area contributed by atoms with Gasteiger partial charge >= 0.3 is 0 Å². The fourth-order valence-electron chi connectivity index (χ4n) is 0.889. The van der Waals surface area contributed by atoms with E-state index in [1.54, 1.807) is 10.8 Å². The fraction of sp³-hybridized carbons (Fsp3) is 0.444. The maximum atomic E-state index is 10.8. The molecule has 12 heavy (non-hydrogen) atoms. The highest BCUT2D eigenvalue weighted by molar-refractivity contribution is 5.16. The van der Waals surface area contributed by atoms with Crippen molar-refractivity contribution < 1.29 is 5.11 Å². The smallest absolute Gasteiger partial charge is 0.223 e. The highest BCUT2D eigenvalue weighted by Crippen LogP contribution is 2.14. The van der Waals surface area contributed by atoms with Crippen LogP contribution in [-0.2, 0) is 5.54 Å². The molecule has 1 aromatic heterocycles. The van der Waals surface area contributed by atoms with Crippen molar-refractivity contribution in [3.63, 3.8) is 0 Å². The maximum absolute atomic E-state index is 10.8. The molecule has 0 aliphatic rings. The van der Waals surface area contributed by atoms with Crippen LogP contribution >= 0.6 is 0 Å². The SMILES string of the molecule is CC(C)(C)n1ccc(=O)c(O)c1. The Morgan fingerprint density at radius 2 is 2.00 bits per heavy atom. The van der Waals surface area contributed by atoms with Crippen LogP contribution in [0.2, 0.25) is 0 Å². The summed E-state index contributed by atoms with van der Waals surface area (Å²) >= 11 is 0. The summed E-state index contributed by atoms with van der Waals surface area (Å²) in [6.07, 6.45) is 3.12. The van der Waals surface area contributed by atoms with Gasteiger partial charge in [-0.15, -0.1) is 0 Å². The van der Waals surface area contributed by atoms with Crippen LogP contribution in [0.3, 0.4) is 0 Å². The maximum Gasteiger partial charge on any atom is 0.223 e. The molecule has 0 saturated heterocycles. The highest BCUT2D eigenvalue weighted by Gasteiger charge is 2.11. The van der Waals surface area contributed by atoms with Gasteiger partial charge in [0.05, 0.1) is 6.20 Å². The second-order valence-electron chi connectivity index (χ2n) is 3.77. The molecule has 0 atom stereocenters. The van der Waals surface area contributed by atoms with Gasteiger partial charge in [0.1, 0.15) is 0 Å². The first kappa shape index (κ1) is 8.84. The molecule has 1 aromatic rings. The summed E-state index contributed by atoms with van der Waals surface area (Å²) in [6.45, 7) is 5.99. The van der Waals surface area contributed by atoms with Crippen molar-refractivity contribution in [3.8, 4) is 5.75 Å². The van der Waals surface area contributed by atoms with Gasteiger partial charge in [0.2, 0.25) is 5.43 Å². The molecule has 1 N–H and O–H groups in total. The zero-order valence-corrected chi connectivity index (χ0v) is 7.53. The minimum absolute atomic E-state index is 0.106. The summed E-state index contributed by atoms with van der Waals surface area (Å²) in [6, 6.07) is 1.36. The van der Waals surface area contributed by atoms with Gasteiger partial charge < -0.3 is 9.67 Å². The molecule has 0 unspecified atom stereocenters. The first-order chi connectivity index (χ1) is 5.41. The zero-order chi connectivity index (χ0) is 9.35. The van der Waals surface area contributed by atoms with Crippen molar-refractivity contribution in [1.29, 1.82) is 0 Å². The van der Waals surface area contributed by atoms with Crippen LogP contribution in [0, 0.1) is 0 Å². The van der Waals surface area contributed by atoms with E-state index >= 15 is 0 Å². The van der Waals surface area contributed by atoms with Gasteiger partial charge in [0.25, 0.3) is 0 Å². The highest BCUT2D eigenvalue weighted by atomic mass is 16.3. The number of rotatable bonds is 0. The largest absolute Gasteiger partial charge is 0.503 e. The average molecular weight is 167 g/mol. The molecule has 1 rings (SSSR count). The first-order valence-electron chi connectivity index (χ1n) is 3.83. The van der Waals surface area contributed by atoms with Crippen LogP contribution in [-0.4, -0.2) is 9.67 Å². The molecule has 0 bridgehead atoms. The first-order valence-corrected chi connectivity index (χ1v) is 3.83. The molecule has 3 heteroatoms. The molecule has 0 amide bonds. The van der Waals surface area contributed by atoms with E-state index in [1.165, 1.54) is 12.3 Å². The minimum Gasteiger partial charge on any atom is -0.503 e. The second kappa shape index (κ2) is 2.66. The molecule has 0 spiro atoms. The Bertz CT molecular complexity index is 333. The Kier molecular flexibility index (Phi) is 1.96. The van der Waals surface area contributed by atoms with Crippen LogP contribution in [0.5, 0.6) is 5.75 Å². The Morgan fingerprint density at radius 3 is 2.42 bits per heavy atom. The topological polar surface area (TPSA) is 42.2 Å². The number of aromatic nitrogens is 1. The van der Waals surface area contributed by atoms with Gasteiger partial charge in [0.15, 0.2) is 5.75 Å². The Morgan fingerprint density at radius 1 is 1.42 bits per heavy atom. The van der Waals surface area contributed by atoms with E-state index in [-0.39, 0.29) is 16.7 Å². The molecular weight excluding hydrogens is 154 g/mol. The van der Waals surface area contributed by atoms with E-state index in [0.29, 0.717) is 0 Å². The van der Waals surface area contributed by atoms with E-state index in [2.05, 4.69) is 0 Å². The van der Waals surface area contributed by atoms with Crippen LogP contribution in [0.25, 0.3) is 0 Å². The van der Waals surface area contributed by atoms with Crippen molar-refractivity contribution in [2.45, 2.75) is 26.3 Å². The number of aromatic hydroxyl groups is 1. The lowest BCUT2D eigenvalue weighted by molar-refractivity contribution is 0.379. The molecule has 0 fully saturated rings. The lowest BCUT2D eigenvalue weighted by Gasteiger charge is -2.22. The van der Waals surface area contributed by atoms with E-state index < -0.39 is 0 Å². The molecule has 3 nitrogen and oxygen atoms in total. The molecule has 0 radical (unpaired) electrons. The standard InChI is InChI=1S/C9H13NO2/c1-9(2,3)10-5-4-7(11)8(12)6-10/h4-6,12H,1-3H3. The molecular formula is C9H13NO2. The second-order valence-corrected chi connectivity index (χ2v) is 3.77. The summed E-state index contributed by atoms with van der Waals surface area (Å²) in [4.78, 5) is 10.8. The van der Waals surface area contributed by atoms with Crippen molar-refractivity contribution >= 4 is 0 Å². The summed E-state index contributed by atoms with van der Waals surface area (Å²) in [7, 11) is 0. The van der Waals surface area contributed by atoms with Crippen LogP contribution < -0.4 is 5.43 Å². The third-order valence-electron chi connectivity index (χ3n) is 1.67. The van der Waals surface area contributed by atoms with Crippen molar-refractivity contribution in [3.05, 3.63) is 28.7 Å². The number of pyridine rings is 1. The summed E-state index contributed by atoms with van der Waals surface area (Å²) in [5.74, 6) is -0.201. The summed E-state index contributed by atoms with van der Waals surface area (Å²) < 4.78 is 1.80. The molecule has 0 aliphatic heterocycles. The Hall–Kier alpha value is -1.25. The lowest BCUT2D eigenvalue weighted by Crippen LogP contribution is -2.22. The fourth-order valence-corrected chi connectivity index (χ4v) is 0.889.